The van der Waals surface area contributed by atoms with Gasteiger partial charge in [-0.25, -0.2) is 0 Å². The van der Waals surface area contributed by atoms with Crippen molar-refractivity contribution in [3.05, 3.63) is 0 Å². The summed E-state index contributed by atoms with van der Waals surface area (Å²) in [7, 11) is 0. The van der Waals surface area contributed by atoms with Crippen LogP contribution < -0.4 is 10.6 Å². The molecule has 73 heavy (non-hydrogen) atoms. The molecule has 30 atom stereocenters. The Morgan fingerprint density at radius 2 is 0.658 bits per heavy atom. The van der Waals surface area contributed by atoms with E-state index in [4.69, 9.17) is 52.1 Å². The predicted molar refractivity (Wildman–Crippen MR) is 222 cm³/mol. The minimum atomic E-state index is -2.23. The summed E-state index contributed by atoms with van der Waals surface area (Å²) in [5.74, 6) is -1.70. The first-order valence-electron chi connectivity index (χ1n) is 23.1. The number of aliphatic hydroxyl groups excluding tert-OH is 18. The molecule has 20 N–H and O–H groups in total. The van der Waals surface area contributed by atoms with Crippen LogP contribution in [0, 0.1) is 0 Å². The zero-order valence-corrected chi connectivity index (χ0v) is 38.9. The molecule has 2 amide bonds. The average Bonchev–Trinajstić information content (AvgIpc) is 3.35. The maximum Gasteiger partial charge on any atom is 0.217 e. The molecule has 0 saturated carbocycles. The van der Waals surface area contributed by atoms with Crippen molar-refractivity contribution in [2.75, 3.05) is 39.6 Å². The third kappa shape index (κ3) is 12.9. The van der Waals surface area contributed by atoms with E-state index < -0.39 is 236 Å². The van der Waals surface area contributed by atoms with Gasteiger partial charge in [-0.3, -0.25) is 9.59 Å². The van der Waals surface area contributed by atoms with Gasteiger partial charge >= 0.3 is 0 Å². The summed E-state index contributed by atoms with van der Waals surface area (Å²) < 4.78 is 62.6. The second-order valence-corrected chi connectivity index (χ2v) is 18.2. The topological polar surface area (TPSA) is 524 Å². The predicted octanol–water partition coefficient (Wildman–Crippen LogP) is -13.8. The number of nitrogens with one attached hydrogen (secondary N) is 2. The molecule has 424 valence electrons. The number of aliphatic hydroxyl groups is 18. The standard InChI is InChI=1S/C40H68N2O31/c1-9(49)41-17-23(55)30(16(8-48)68-36(17)72-33-21(53)13(5-45)67-40(28(33)60)70-31-15(7-47)63-35(62)26(58)25(31)57)69-39-29(61)34(22(54)14(6-46)66-39)73-37-18(42-10(2)50)32(20(52)12(4-44)64-37)71-38-27(59)24(56)19(51)11(3-43)65-38/h11-40,43-48,51-62H,3-8H2,1-2H3,(H,41,49)(H,42,50)/t11-,12-,13-,14-,15-,16-,17-,18-,19+,20-,21+,22+,23-,24+,25-,26-,27-,28-,29-,30-,31-,32-,33+,34+,35+,36+,37+,38+,39+,40+/m1/s1. The molecule has 33 heteroatoms. The van der Waals surface area contributed by atoms with E-state index in [9.17, 15) is 102 Å². The van der Waals surface area contributed by atoms with Gasteiger partial charge in [0.15, 0.2) is 37.7 Å². The number of hydrogen-bond donors (Lipinski definition) is 20. The fourth-order valence-corrected chi connectivity index (χ4v) is 9.32. The van der Waals surface area contributed by atoms with E-state index >= 15 is 0 Å². The van der Waals surface area contributed by atoms with E-state index in [2.05, 4.69) is 10.6 Å². The van der Waals surface area contributed by atoms with Crippen molar-refractivity contribution in [2.45, 2.75) is 198 Å². The van der Waals surface area contributed by atoms with Crippen molar-refractivity contribution in [2.24, 2.45) is 0 Å². The van der Waals surface area contributed by atoms with Gasteiger partial charge in [-0.2, -0.15) is 0 Å². The number of ether oxygens (including phenoxy) is 11. The van der Waals surface area contributed by atoms with Crippen LogP contribution in [0.3, 0.4) is 0 Å². The van der Waals surface area contributed by atoms with Gasteiger partial charge in [0, 0.05) is 13.8 Å². The zero-order valence-electron chi connectivity index (χ0n) is 38.9. The van der Waals surface area contributed by atoms with Crippen molar-refractivity contribution in [1.29, 1.82) is 0 Å². The SMILES string of the molecule is CC(=O)N[C@H]1[C@H](O[C@H]2[C@@H](O)[C@@H](CO)O[C@@H](O[C@H]3[C@H](O)[C@@H](O)[C@@H](O)O[C@@H]3CO)[C@@H]2O)O[C@H](CO)[C@@H](O[C@@H]2O[C@H](CO)[C@H](O)[C@H](O[C@@H]3O[C@H](CO)[C@@H](O)[C@H](O[C@@H]4O[C@H](CO)[C@H](O)[C@H](O)[C@H]4O)[C@H]3NC(C)=O)[C@H]2O)[C@@H]1O. The van der Waals surface area contributed by atoms with Gasteiger partial charge < -0.3 is 155 Å². The lowest BCUT2D eigenvalue weighted by molar-refractivity contribution is -0.386. The molecule has 6 fully saturated rings. The largest absolute Gasteiger partial charge is 0.394 e. The molecule has 33 nitrogen and oxygen atoms in total. The van der Waals surface area contributed by atoms with E-state index in [1.54, 1.807) is 0 Å². The van der Waals surface area contributed by atoms with E-state index in [1.165, 1.54) is 0 Å². The number of amides is 2. The molecule has 6 aliphatic heterocycles. The van der Waals surface area contributed by atoms with E-state index in [-0.39, 0.29) is 0 Å². The van der Waals surface area contributed by atoms with Crippen LogP contribution in [0.4, 0.5) is 0 Å². The zero-order chi connectivity index (χ0) is 53.9. The van der Waals surface area contributed by atoms with Crippen LogP contribution in [0.25, 0.3) is 0 Å². The first kappa shape index (κ1) is 60.0. The summed E-state index contributed by atoms with van der Waals surface area (Å²) in [5.41, 5.74) is 0. The second kappa shape index (κ2) is 26.0. The lowest BCUT2D eigenvalue weighted by atomic mass is 9.93. The first-order valence-corrected chi connectivity index (χ1v) is 23.1. The van der Waals surface area contributed by atoms with Crippen molar-refractivity contribution in [1.82, 2.24) is 10.6 Å². The van der Waals surface area contributed by atoms with Crippen molar-refractivity contribution in [3.8, 4) is 0 Å². The molecule has 0 radical (unpaired) electrons. The molecule has 0 bridgehead atoms. The summed E-state index contributed by atoms with van der Waals surface area (Å²) in [6, 6.07) is -3.53. The highest BCUT2D eigenvalue weighted by molar-refractivity contribution is 5.73. The maximum atomic E-state index is 12.6. The van der Waals surface area contributed by atoms with Crippen LogP contribution in [-0.4, -0.2) is 327 Å². The Labute approximate surface area is 413 Å². The molecule has 0 aromatic carbocycles. The Bertz CT molecular complexity index is 1750. The summed E-state index contributed by atoms with van der Waals surface area (Å²) in [6.45, 7) is -3.84. The Morgan fingerprint density at radius 1 is 0.329 bits per heavy atom. The summed E-state index contributed by atoms with van der Waals surface area (Å²) in [4.78, 5) is 25.2. The Hall–Kier alpha value is -2.22. The summed E-state index contributed by atoms with van der Waals surface area (Å²) in [6.07, 6.45) is -53.3. The lowest BCUT2D eigenvalue weighted by Crippen LogP contribution is -2.71. The summed E-state index contributed by atoms with van der Waals surface area (Å²) in [5, 5.41) is 196. The minimum absolute atomic E-state index is 0.839. The quantitative estimate of drug-likeness (QED) is 0.0606. The Balaban J connectivity index is 1.23. The summed E-state index contributed by atoms with van der Waals surface area (Å²) >= 11 is 0. The maximum absolute atomic E-state index is 12.6. The van der Waals surface area contributed by atoms with Gasteiger partial charge in [-0.15, -0.1) is 0 Å². The highest BCUT2D eigenvalue weighted by atomic mass is 16.8. The third-order valence-electron chi connectivity index (χ3n) is 13.2. The molecule has 6 heterocycles. The highest BCUT2D eigenvalue weighted by Gasteiger charge is 2.58. The molecule has 0 spiro atoms. The minimum Gasteiger partial charge on any atom is -0.394 e. The average molecular weight is 1070 g/mol. The molecular formula is C40H68N2O31. The van der Waals surface area contributed by atoms with Crippen LogP contribution in [0.15, 0.2) is 0 Å². The van der Waals surface area contributed by atoms with E-state index in [0.717, 1.165) is 13.8 Å². The molecule has 0 aromatic heterocycles. The Kier molecular flexibility index (Phi) is 21.3. The number of carbonyl (C=O) groups excluding carboxylic acids is 2. The Morgan fingerprint density at radius 3 is 1.11 bits per heavy atom. The second-order valence-electron chi connectivity index (χ2n) is 18.2. The molecule has 6 aliphatic rings. The van der Waals surface area contributed by atoms with Gasteiger partial charge in [-0.1, -0.05) is 0 Å². The van der Waals surface area contributed by atoms with Crippen molar-refractivity contribution >= 4 is 11.8 Å². The molecule has 6 saturated heterocycles. The van der Waals surface area contributed by atoms with Gasteiger partial charge in [0.2, 0.25) is 11.8 Å². The van der Waals surface area contributed by atoms with Gasteiger partial charge in [0.25, 0.3) is 0 Å². The molecule has 0 aliphatic carbocycles. The monoisotopic (exact) mass is 1070 g/mol. The fraction of sp³-hybridized carbons (Fsp3) is 0.950. The van der Waals surface area contributed by atoms with Gasteiger partial charge in [0.1, 0.15) is 146 Å². The molecule has 6 rings (SSSR count). The van der Waals surface area contributed by atoms with Crippen LogP contribution in [0.5, 0.6) is 0 Å². The van der Waals surface area contributed by atoms with E-state index in [1.807, 2.05) is 0 Å². The molecule has 0 unspecified atom stereocenters. The van der Waals surface area contributed by atoms with Gasteiger partial charge in [-0.05, 0) is 0 Å². The number of rotatable bonds is 18. The van der Waals surface area contributed by atoms with Crippen LogP contribution in [0.1, 0.15) is 13.8 Å². The normalized spacial score (nSPS) is 49.8. The number of hydrogen-bond acceptors (Lipinski definition) is 31. The first-order chi connectivity index (χ1) is 34.5. The van der Waals surface area contributed by atoms with Crippen molar-refractivity contribution < 1.29 is 154 Å². The van der Waals surface area contributed by atoms with Crippen molar-refractivity contribution in [3.63, 3.8) is 0 Å². The molecular weight excluding hydrogens is 1000 g/mol. The van der Waals surface area contributed by atoms with Gasteiger partial charge in [0.05, 0.1) is 39.6 Å². The molecule has 0 aromatic rings. The smallest absolute Gasteiger partial charge is 0.217 e. The third-order valence-corrected chi connectivity index (χ3v) is 13.2. The number of carbonyl (C=O) groups is 2. The van der Waals surface area contributed by atoms with E-state index in [0.29, 0.717) is 0 Å². The fourth-order valence-electron chi connectivity index (χ4n) is 9.32. The highest BCUT2D eigenvalue weighted by Crippen LogP contribution is 2.37. The lowest BCUT2D eigenvalue weighted by Gasteiger charge is -2.51. The van der Waals surface area contributed by atoms with Crippen LogP contribution in [0.2, 0.25) is 0 Å². The van der Waals surface area contributed by atoms with Crippen LogP contribution >= 0.6 is 0 Å². The van der Waals surface area contributed by atoms with Crippen LogP contribution in [-0.2, 0) is 61.7 Å².